The van der Waals surface area contributed by atoms with E-state index in [1.165, 1.54) is 0 Å². The van der Waals surface area contributed by atoms with Gasteiger partial charge in [0.2, 0.25) is 0 Å². The third kappa shape index (κ3) is 2.69. The van der Waals surface area contributed by atoms with E-state index in [0.717, 1.165) is 31.0 Å². The molecule has 1 saturated heterocycles. The lowest BCUT2D eigenvalue weighted by atomic mass is 10.1. The predicted octanol–water partition coefficient (Wildman–Crippen LogP) is 1.65. The highest BCUT2D eigenvalue weighted by Gasteiger charge is 2.26. The van der Waals surface area contributed by atoms with Crippen LogP contribution in [-0.2, 0) is 6.54 Å². The molecule has 1 aromatic heterocycles. The van der Waals surface area contributed by atoms with Crippen LogP contribution in [0.4, 0.5) is 0 Å². The number of hydrogen-bond donors (Lipinski definition) is 1. The molecule has 19 heavy (non-hydrogen) atoms. The van der Waals surface area contributed by atoms with Crippen molar-refractivity contribution in [3.63, 3.8) is 0 Å². The van der Waals surface area contributed by atoms with Crippen molar-refractivity contribution >= 4 is 0 Å². The third-order valence-corrected chi connectivity index (χ3v) is 3.80. The van der Waals surface area contributed by atoms with Crippen LogP contribution in [0.5, 0.6) is 0 Å². The average Bonchev–Trinajstić information content (AvgIpc) is 2.99. The fourth-order valence-electron chi connectivity index (χ4n) is 2.62. The molecule has 2 unspecified atom stereocenters. The maximum absolute atomic E-state index is 6.05. The molecule has 0 saturated carbocycles. The van der Waals surface area contributed by atoms with Crippen molar-refractivity contribution in [3.05, 3.63) is 48.3 Å². The van der Waals surface area contributed by atoms with Crippen LogP contribution in [0.25, 0.3) is 5.69 Å². The average molecular weight is 256 g/mol. The predicted molar refractivity (Wildman–Crippen MR) is 76.0 cm³/mol. The Morgan fingerprint density at radius 3 is 2.68 bits per heavy atom. The fourth-order valence-corrected chi connectivity index (χ4v) is 2.62. The van der Waals surface area contributed by atoms with E-state index in [-0.39, 0.29) is 0 Å². The number of para-hydroxylation sites is 1. The summed E-state index contributed by atoms with van der Waals surface area (Å²) in [6, 6.07) is 12.6. The third-order valence-electron chi connectivity index (χ3n) is 3.80. The summed E-state index contributed by atoms with van der Waals surface area (Å²) in [6.07, 6.45) is 2.02. The lowest BCUT2D eigenvalue weighted by molar-refractivity contribution is 0.314. The molecule has 1 fully saturated rings. The molecule has 1 aliphatic heterocycles. The first-order chi connectivity index (χ1) is 9.22. The van der Waals surface area contributed by atoms with Gasteiger partial charge in [0, 0.05) is 31.9 Å². The summed E-state index contributed by atoms with van der Waals surface area (Å²) >= 11 is 0. The Morgan fingerprint density at radius 1 is 1.21 bits per heavy atom. The van der Waals surface area contributed by atoms with Crippen molar-refractivity contribution in [1.82, 2.24) is 14.7 Å². The molecule has 1 aromatic carbocycles. The fraction of sp³-hybridized carbons (Fsp3) is 0.400. The molecule has 4 heteroatoms. The monoisotopic (exact) mass is 256 g/mol. The topological polar surface area (TPSA) is 47.1 Å². The summed E-state index contributed by atoms with van der Waals surface area (Å²) in [7, 11) is 0. The molecule has 100 valence electrons. The number of likely N-dealkylation sites (tertiary alicyclic amines) is 1. The highest BCUT2D eigenvalue weighted by atomic mass is 15.3. The van der Waals surface area contributed by atoms with E-state index < -0.39 is 0 Å². The minimum absolute atomic E-state index is 0.302. The summed E-state index contributed by atoms with van der Waals surface area (Å²) in [5.41, 5.74) is 8.25. The maximum Gasteiger partial charge on any atom is 0.0769 e. The van der Waals surface area contributed by atoms with E-state index in [4.69, 9.17) is 5.73 Å². The van der Waals surface area contributed by atoms with E-state index in [9.17, 15) is 0 Å². The van der Waals surface area contributed by atoms with Gasteiger partial charge in [0.15, 0.2) is 0 Å². The van der Waals surface area contributed by atoms with Crippen molar-refractivity contribution in [2.45, 2.75) is 19.5 Å². The second-order valence-electron chi connectivity index (χ2n) is 5.42. The standard InChI is InChI=1S/C15H20N4/c1-12-9-18(11-15(12)16)10-13-7-8-19(17-13)14-5-3-2-4-6-14/h2-8,12,15H,9-11,16H2,1H3. The zero-order chi connectivity index (χ0) is 13.2. The normalized spacial score (nSPS) is 23.9. The van der Waals surface area contributed by atoms with E-state index in [1.807, 2.05) is 29.1 Å². The second-order valence-corrected chi connectivity index (χ2v) is 5.42. The second kappa shape index (κ2) is 5.15. The van der Waals surface area contributed by atoms with E-state index in [1.54, 1.807) is 0 Å². The highest BCUT2D eigenvalue weighted by molar-refractivity contribution is 5.30. The van der Waals surface area contributed by atoms with Gasteiger partial charge < -0.3 is 5.73 Å². The molecule has 0 amide bonds. The SMILES string of the molecule is CC1CN(Cc2ccn(-c3ccccc3)n2)CC1N. The number of nitrogens with zero attached hydrogens (tertiary/aromatic N) is 3. The molecule has 2 heterocycles. The summed E-state index contributed by atoms with van der Waals surface area (Å²) < 4.78 is 1.93. The van der Waals surface area contributed by atoms with Gasteiger partial charge in [-0.25, -0.2) is 4.68 Å². The Balaban J connectivity index is 1.69. The Hall–Kier alpha value is -1.65. The molecule has 0 radical (unpaired) electrons. The Labute approximate surface area is 113 Å². The zero-order valence-electron chi connectivity index (χ0n) is 11.2. The van der Waals surface area contributed by atoms with Crippen LogP contribution in [0, 0.1) is 5.92 Å². The molecular formula is C15H20N4. The summed E-state index contributed by atoms with van der Waals surface area (Å²) in [4.78, 5) is 2.38. The summed E-state index contributed by atoms with van der Waals surface area (Å²) in [5.74, 6) is 0.580. The van der Waals surface area contributed by atoms with Gasteiger partial charge in [-0.1, -0.05) is 25.1 Å². The van der Waals surface area contributed by atoms with Crippen LogP contribution in [0.1, 0.15) is 12.6 Å². The quantitative estimate of drug-likeness (QED) is 0.908. The van der Waals surface area contributed by atoms with Crippen molar-refractivity contribution in [2.75, 3.05) is 13.1 Å². The van der Waals surface area contributed by atoms with E-state index in [0.29, 0.717) is 12.0 Å². The lowest BCUT2D eigenvalue weighted by Crippen LogP contribution is -2.28. The molecule has 2 N–H and O–H groups in total. The number of aromatic nitrogens is 2. The van der Waals surface area contributed by atoms with Gasteiger partial charge in [-0.15, -0.1) is 0 Å². The molecule has 0 aliphatic carbocycles. The van der Waals surface area contributed by atoms with Gasteiger partial charge in [0.05, 0.1) is 11.4 Å². The van der Waals surface area contributed by atoms with Gasteiger partial charge in [0.1, 0.15) is 0 Å². The zero-order valence-corrected chi connectivity index (χ0v) is 11.2. The molecular weight excluding hydrogens is 236 g/mol. The Bertz CT molecular complexity index is 524. The first-order valence-electron chi connectivity index (χ1n) is 6.80. The van der Waals surface area contributed by atoms with Crippen LogP contribution in [0.15, 0.2) is 42.6 Å². The van der Waals surface area contributed by atoms with Crippen LogP contribution in [-0.4, -0.2) is 33.8 Å². The number of nitrogens with two attached hydrogens (primary N) is 1. The summed E-state index contributed by atoms with van der Waals surface area (Å²) in [6.45, 7) is 5.14. The first-order valence-corrected chi connectivity index (χ1v) is 6.80. The van der Waals surface area contributed by atoms with Crippen molar-refractivity contribution in [2.24, 2.45) is 11.7 Å². The number of hydrogen-bond acceptors (Lipinski definition) is 3. The van der Waals surface area contributed by atoms with Crippen LogP contribution < -0.4 is 5.73 Å². The lowest BCUT2D eigenvalue weighted by Gasteiger charge is -2.12. The Morgan fingerprint density at radius 2 is 2.00 bits per heavy atom. The molecule has 1 aliphatic rings. The van der Waals surface area contributed by atoms with Crippen LogP contribution in [0.2, 0.25) is 0 Å². The maximum atomic E-state index is 6.05. The molecule has 0 spiro atoms. The van der Waals surface area contributed by atoms with Gasteiger partial charge in [-0.2, -0.15) is 5.10 Å². The Kier molecular flexibility index (Phi) is 3.36. The first kappa shape index (κ1) is 12.4. The van der Waals surface area contributed by atoms with Crippen molar-refractivity contribution in [3.8, 4) is 5.69 Å². The highest BCUT2D eigenvalue weighted by Crippen LogP contribution is 2.17. The number of rotatable bonds is 3. The largest absolute Gasteiger partial charge is 0.326 e. The summed E-state index contributed by atoms with van der Waals surface area (Å²) in [5, 5.41) is 4.63. The molecule has 2 aromatic rings. The van der Waals surface area contributed by atoms with Gasteiger partial charge in [-0.3, -0.25) is 4.90 Å². The minimum Gasteiger partial charge on any atom is -0.326 e. The van der Waals surface area contributed by atoms with Gasteiger partial charge in [0.25, 0.3) is 0 Å². The molecule has 4 nitrogen and oxygen atoms in total. The van der Waals surface area contributed by atoms with Crippen LogP contribution in [0.3, 0.4) is 0 Å². The molecule has 2 atom stereocenters. The molecule has 3 rings (SSSR count). The molecule has 0 bridgehead atoms. The van der Waals surface area contributed by atoms with Crippen molar-refractivity contribution in [1.29, 1.82) is 0 Å². The van der Waals surface area contributed by atoms with Crippen LogP contribution >= 0.6 is 0 Å². The van der Waals surface area contributed by atoms with E-state index >= 15 is 0 Å². The van der Waals surface area contributed by atoms with Gasteiger partial charge in [-0.05, 0) is 24.1 Å². The van der Waals surface area contributed by atoms with Gasteiger partial charge >= 0.3 is 0 Å². The smallest absolute Gasteiger partial charge is 0.0769 e. The van der Waals surface area contributed by atoms with E-state index in [2.05, 4.69) is 35.1 Å². The van der Waals surface area contributed by atoms with Crippen molar-refractivity contribution < 1.29 is 0 Å². The number of benzene rings is 1. The minimum atomic E-state index is 0.302.